The third-order valence-corrected chi connectivity index (χ3v) is 7.93. The Hall–Kier alpha value is -2.54. The van der Waals surface area contributed by atoms with Gasteiger partial charge in [0.05, 0.1) is 17.5 Å². The second-order valence-corrected chi connectivity index (χ2v) is 11.4. The van der Waals surface area contributed by atoms with Crippen LogP contribution in [0.25, 0.3) is 0 Å². The van der Waals surface area contributed by atoms with E-state index in [4.69, 9.17) is 21.2 Å². The Morgan fingerprint density at radius 1 is 1.22 bits per heavy atom. The summed E-state index contributed by atoms with van der Waals surface area (Å²) in [6.45, 7) is 0.794. The van der Waals surface area contributed by atoms with Crippen LogP contribution in [0.15, 0.2) is 41.6 Å². The molecule has 192 valence electrons. The molecule has 1 N–H and O–H groups in total. The van der Waals surface area contributed by atoms with E-state index in [0.29, 0.717) is 24.2 Å². The van der Waals surface area contributed by atoms with Gasteiger partial charge in [-0.15, -0.1) is 0 Å². The normalized spacial score (nSPS) is 24.7. The van der Waals surface area contributed by atoms with Gasteiger partial charge in [-0.25, -0.2) is 12.8 Å². The minimum atomic E-state index is -4.85. The highest BCUT2D eigenvalue weighted by Crippen LogP contribution is 2.50. The summed E-state index contributed by atoms with van der Waals surface area (Å²) in [4.78, 5) is 17.3. The zero-order valence-electron chi connectivity index (χ0n) is 18.6. The second-order valence-electron chi connectivity index (χ2n) is 9.02. The van der Waals surface area contributed by atoms with Crippen molar-refractivity contribution in [2.24, 2.45) is 11.1 Å². The molecule has 1 spiro atoms. The van der Waals surface area contributed by atoms with Gasteiger partial charge in [-0.2, -0.15) is 13.2 Å². The highest BCUT2D eigenvalue weighted by molar-refractivity contribution is 8.05. The maximum atomic E-state index is 14.6. The monoisotopic (exact) mass is 546 g/mol. The molecule has 7 nitrogen and oxygen atoms in total. The molecule has 0 bridgehead atoms. The van der Waals surface area contributed by atoms with E-state index in [1.807, 2.05) is 0 Å². The van der Waals surface area contributed by atoms with Gasteiger partial charge in [-0.1, -0.05) is 41.0 Å². The zero-order valence-corrected chi connectivity index (χ0v) is 20.2. The molecule has 0 amide bonds. The first kappa shape index (κ1) is 25.1. The average molecular weight is 547 g/mol. The lowest BCUT2D eigenvalue weighted by atomic mass is 9.83. The van der Waals surface area contributed by atoms with Crippen LogP contribution in [0.4, 0.5) is 17.6 Å². The maximum Gasteiger partial charge on any atom is 0.401 e. The van der Waals surface area contributed by atoms with Crippen molar-refractivity contribution < 1.29 is 40.3 Å². The predicted octanol–water partition coefficient (Wildman–Crippen LogP) is 3.96. The molecule has 0 aromatic heterocycles. The molecule has 2 unspecified atom stereocenters. The molecule has 3 heterocycles. The van der Waals surface area contributed by atoms with Gasteiger partial charge in [0.1, 0.15) is 23.0 Å². The van der Waals surface area contributed by atoms with Crippen molar-refractivity contribution >= 4 is 32.3 Å². The van der Waals surface area contributed by atoms with Crippen LogP contribution in [0.1, 0.15) is 40.9 Å². The van der Waals surface area contributed by atoms with E-state index in [-0.39, 0.29) is 16.1 Å². The van der Waals surface area contributed by atoms with Gasteiger partial charge >= 0.3 is 6.18 Å². The van der Waals surface area contributed by atoms with Gasteiger partial charge in [-0.05, 0) is 23.3 Å². The number of ether oxygens (including phenoxy) is 1. The quantitative estimate of drug-likeness (QED) is 0.584. The number of fused-ring (bicyclic) bond motifs is 2. The average Bonchev–Trinajstić information content (AvgIpc) is 3.35. The van der Waals surface area contributed by atoms with Crippen molar-refractivity contribution in [2.45, 2.75) is 30.4 Å². The van der Waals surface area contributed by atoms with E-state index < -0.39 is 62.8 Å². The summed E-state index contributed by atoms with van der Waals surface area (Å²) in [5.74, 6) is -3.34. The summed E-state index contributed by atoms with van der Waals surface area (Å²) in [5, 5.41) is 5.34. The van der Waals surface area contributed by atoms with Crippen LogP contribution >= 0.6 is 11.6 Å². The van der Waals surface area contributed by atoms with Gasteiger partial charge in [0.15, 0.2) is 6.10 Å². The molecule has 0 aliphatic carbocycles. The molecule has 5 rings (SSSR count). The van der Waals surface area contributed by atoms with Crippen LogP contribution in [0.2, 0.25) is 5.02 Å². The molecule has 2 aromatic rings. The fraction of sp³-hybridized carbons (Fsp3) is 0.391. The van der Waals surface area contributed by atoms with E-state index in [1.54, 1.807) is 6.07 Å². The number of rotatable bonds is 4. The third-order valence-electron chi connectivity index (χ3n) is 6.64. The summed E-state index contributed by atoms with van der Waals surface area (Å²) in [7, 11) is -3.99. The van der Waals surface area contributed by atoms with Crippen LogP contribution in [-0.4, -0.2) is 44.8 Å². The third kappa shape index (κ3) is 4.09. The molecule has 0 saturated carbocycles. The Balaban J connectivity index is 1.54. The van der Waals surface area contributed by atoms with Crippen LogP contribution in [-0.2, 0) is 29.8 Å². The highest BCUT2D eigenvalue weighted by Gasteiger charge is 2.55. The summed E-state index contributed by atoms with van der Waals surface area (Å²) in [6, 6.07) is 8.10. The fourth-order valence-electron chi connectivity index (χ4n) is 4.79. The summed E-state index contributed by atoms with van der Waals surface area (Å²) < 4.78 is 86.8. The second kappa shape index (κ2) is 8.51. The highest BCUT2D eigenvalue weighted by atomic mass is 35.5. The van der Waals surface area contributed by atoms with Gasteiger partial charge in [0, 0.05) is 30.5 Å². The van der Waals surface area contributed by atoms with Crippen molar-refractivity contribution in [3.8, 4) is 0 Å². The minimum absolute atomic E-state index is 0.0331. The van der Waals surface area contributed by atoms with Crippen molar-refractivity contribution in [3.63, 3.8) is 0 Å². The number of halogens is 5. The first-order valence-corrected chi connectivity index (χ1v) is 13.1. The Bertz CT molecular complexity index is 1390. The number of carbonyl (C=O) groups is 1. The summed E-state index contributed by atoms with van der Waals surface area (Å²) in [6.07, 6.45) is -7.32. The standard InChI is InChI=1S/C23H19ClF4N2O5S/c1-36(32,33)17(31)8-16-13-7-11(5-6-14(13)22(34-16)9-29-10-22)20-18(23(26,27)28)21(35-30-20)12-3-2-4-15(24)19(12)25/h2-7,16,18,21,29H,8-10H2,1H3/t16-,18?,21?/m1/s1. The number of alkyl halides is 3. The van der Waals surface area contributed by atoms with Crippen molar-refractivity contribution in [3.05, 3.63) is 69.5 Å². The zero-order chi connectivity index (χ0) is 26.0. The molecule has 3 atom stereocenters. The van der Waals surface area contributed by atoms with Crippen LogP contribution in [0, 0.1) is 11.7 Å². The number of sulfone groups is 1. The molecule has 0 radical (unpaired) electrons. The Morgan fingerprint density at radius 2 is 1.94 bits per heavy atom. The summed E-state index contributed by atoms with van der Waals surface area (Å²) >= 11 is 5.77. The number of hydrogen-bond donors (Lipinski definition) is 1. The molecule has 13 heteroatoms. The van der Waals surface area contributed by atoms with Gasteiger partial charge in [-0.3, -0.25) is 4.79 Å². The molecule has 1 fully saturated rings. The van der Waals surface area contributed by atoms with Gasteiger partial charge in [0.2, 0.25) is 15.0 Å². The number of nitrogens with zero attached hydrogens (tertiary/aromatic N) is 1. The van der Waals surface area contributed by atoms with E-state index in [9.17, 15) is 30.8 Å². The fourth-order valence-corrected chi connectivity index (χ4v) is 5.43. The molecule has 1 saturated heterocycles. The van der Waals surface area contributed by atoms with E-state index >= 15 is 0 Å². The molecule has 2 aromatic carbocycles. The first-order chi connectivity index (χ1) is 16.8. The number of carbonyl (C=O) groups excluding carboxylic acids is 1. The van der Waals surface area contributed by atoms with Crippen molar-refractivity contribution in [1.82, 2.24) is 5.32 Å². The Morgan fingerprint density at radius 3 is 2.56 bits per heavy atom. The first-order valence-electron chi connectivity index (χ1n) is 10.8. The molecular formula is C23H19ClF4N2O5S. The van der Waals surface area contributed by atoms with Crippen LogP contribution in [0.3, 0.4) is 0 Å². The minimum Gasteiger partial charge on any atom is -0.386 e. The maximum absolute atomic E-state index is 14.6. The number of oxime groups is 1. The summed E-state index contributed by atoms with van der Waals surface area (Å²) in [5.41, 5.74) is -0.588. The molecular weight excluding hydrogens is 528 g/mol. The predicted molar refractivity (Wildman–Crippen MR) is 121 cm³/mol. The van der Waals surface area contributed by atoms with E-state index in [1.165, 1.54) is 24.3 Å². The molecule has 3 aliphatic rings. The molecule has 3 aliphatic heterocycles. The lowest BCUT2D eigenvalue weighted by Crippen LogP contribution is -2.56. The van der Waals surface area contributed by atoms with Gasteiger partial charge < -0.3 is 14.9 Å². The van der Waals surface area contributed by atoms with Crippen molar-refractivity contribution in [2.75, 3.05) is 19.3 Å². The Labute approximate surface area is 208 Å². The lowest BCUT2D eigenvalue weighted by Gasteiger charge is -2.39. The van der Waals surface area contributed by atoms with E-state index in [2.05, 4.69) is 10.5 Å². The smallest absolute Gasteiger partial charge is 0.386 e. The van der Waals surface area contributed by atoms with E-state index in [0.717, 1.165) is 12.3 Å². The van der Waals surface area contributed by atoms with Crippen molar-refractivity contribution in [1.29, 1.82) is 0 Å². The SMILES string of the molecule is CS(=O)(=O)C(=O)C[C@H]1OC2(CNC2)c2ccc(C3=NOC(c4cccc(Cl)c4F)C3C(F)(F)F)cc21. The van der Waals surface area contributed by atoms with Crippen LogP contribution in [0.5, 0.6) is 0 Å². The number of benzene rings is 2. The van der Waals surface area contributed by atoms with Crippen LogP contribution < -0.4 is 5.32 Å². The number of nitrogens with one attached hydrogen (secondary N) is 1. The Kier molecular flexibility index (Phi) is 5.94. The van der Waals surface area contributed by atoms with Gasteiger partial charge in [0.25, 0.3) is 0 Å². The topological polar surface area (TPSA) is 94.1 Å². The number of hydrogen-bond acceptors (Lipinski definition) is 7. The molecule has 36 heavy (non-hydrogen) atoms. The lowest BCUT2D eigenvalue weighted by molar-refractivity contribution is -0.178. The largest absolute Gasteiger partial charge is 0.401 e.